The van der Waals surface area contributed by atoms with Gasteiger partial charge in [0.1, 0.15) is 0 Å². The molecule has 0 fully saturated rings. The quantitative estimate of drug-likeness (QED) is 0.759. The van der Waals surface area contributed by atoms with Crippen molar-refractivity contribution in [1.29, 1.82) is 0 Å². The number of hydrogen-bond acceptors (Lipinski definition) is 1. The Labute approximate surface area is 115 Å². The minimum atomic E-state index is 0.460. The minimum absolute atomic E-state index is 0.460. The van der Waals surface area contributed by atoms with Gasteiger partial charge in [-0.2, -0.15) is 0 Å². The second kappa shape index (κ2) is 5.63. The van der Waals surface area contributed by atoms with Crippen molar-refractivity contribution in [2.75, 3.05) is 5.32 Å². The molecule has 88 valence electrons. The average Bonchev–Trinajstić information content (AvgIpc) is 2.33. The number of benzene rings is 2. The van der Waals surface area contributed by atoms with Crippen LogP contribution in [0.4, 0.5) is 5.69 Å². The monoisotopic (exact) mass is 285 g/mol. The lowest BCUT2D eigenvalue weighted by molar-refractivity contribution is 1.15. The highest BCUT2D eigenvalue weighted by Gasteiger charge is 2.05. The zero-order valence-electron chi connectivity index (χ0n) is 8.88. The fraction of sp³-hybridized carbons (Fsp3) is 0.0769. The maximum absolute atomic E-state index is 6.06. The van der Waals surface area contributed by atoms with Gasteiger partial charge in [0.15, 0.2) is 0 Å². The maximum atomic E-state index is 6.06. The Morgan fingerprint density at radius 2 is 1.47 bits per heavy atom. The Bertz CT molecular complexity index is 512. The summed E-state index contributed by atoms with van der Waals surface area (Å²) < 4.78 is 0. The lowest BCUT2D eigenvalue weighted by atomic mass is 10.2. The van der Waals surface area contributed by atoms with Crippen molar-refractivity contribution in [1.82, 2.24) is 0 Å². The van der Waals surface area contributed by atoms with Gasteiger partial charge in [-0.1, -0.05) is 65.1 Å². The molecule has 0 aliphatic heterocycles. The van der Waals surface area contributed by atoms with E-state index < -0.39 is 0 Å². The van der Waals surface area contributed by atoms with Crippen LogP contribution in [0.5, 0.6) is 0 Å². The summed E-state index contributed by atoms with van der Waals surface area (Å²) in [7, 11) is 0. The zero-order valence-corrected chi connectivity index (χ0v) is 11.2. The normalized spacial score (nSPS) is 10.3. The predicted octanol–water partition coefficient (Wildman–Crippen LogP) is 5.26. The van der Waals surface area contributed by atoms with E-state index in [-0.39, 0.29) is 0 Å². The van der Waals surface area contributed by atoms with Crippen LogP contribution >= 0.6 is 34.8 Å². The van der Waals surface area contributed by atoms with Crippen LogP contribution < -0.4 is 5.32 Å². The van der Waals surface area contributed by atoms with Crippen molar-refractivity contribution in [3.05, 3.63) is 63.1 Å². The molecule has 0 atom stereocenters. The Morgan fingerprint density at radius 3 is 2.18 bits per heavy atom. The number of anilines is 1. The van der Waals surface area contributed by atoms with Crippen molar-refractivity contribution >= 4 is 40.5 Å². The summed E-state index contributed by atoms with van der Waals surface area (Å²) in [6.07, 6.45) is 0. The second-order valence-electron chi connectivity index (χ2n) is 3.59. The van der Waals surface area contributed by atoms with Gasteiger partial charge >= 0.3 is 0 Å². The molecule has 0 spiro atoms. The van der Waals surface area contributed by atoms with Crippen molar-refractivity contribution in [3.8, 4) is 0 Å². The van der Waals surface area contributed by atoms with Gasteiger partial charge in [-0.05, 0) is 17.7 Å². The van der Waals surface area contributed by atoms with E-state index in [9.17, 15) is 0 Å². The van der Waals surface area contributed by atoms with E-state index in [0.717, 1.165) is 5.69 Å². The number of hydrogen-bond donors (Lipinski definition) is 1. The Morgan fingerprint density at radius 1 is 0.824 bits per heavy atom. The van der Waals surface area contributed by atoms with Gasteiger partial charge in [0.2, 0.25) is 0 Å². The molecule has 4 heteroatoms. The molecule has 2 rings (SSSR count). The highest BCUT2D eigenvalue weighted by atomic mass is 35.5. The van der Waals surface area contributed by atoms with E-state index in [2.05, 4.69) is 5.32 Å². The summed E-state index contributed by atoms with van der Waals surface area (Å²) >= 11 is 17.9. The molecular weight excluding hydrogens is 277 g/mol. The fourth-order valence-electron chi connectivity index (χ4n) is 1.45. The first-order valence-electron chi connectivity index (χ1n) is 5.09. The van der Waals surface area contributed by atoms with Crippen molar-refractivity contribution in [2.24, 2.45) is 0 Å². The molecule has 0 saturated heterocycles. The van der Waals surface area contributed by atoms with E-state index in [0.29, 0.717) is 21.6 Å². The van der Waals surface area contributed by atoms with Crippen molar-refractivity contribution in [2.45, 2.75) is 6.54 Å². The second-order valence-corrected chi connectivity index (χ2v) is 4.81. The third-order valence-corrected chi connectivity index (χ3v) is 3.37. The molecule has 0 radical (unpaired) electrons. The maximum Gasteiger partial charge on any atom is 0.0653 e. The molecular formula is C13H10Cl3N. The van der Waals surface area contributed by atoms with Crippen molar-refractivity contribution < 1.29 is 0 Å². The Balaban J connectivity index is 2.12. The molecule has 0 aromatic heterocycles. The fourth-order valence-corrected chi connectivity index (χ4v) is 2.06. The summed E-state index contributed by atoms with van der Waals surface area (Å²) in [5.41, 5.74) is 1.96. The van der Waals surface area contributed by atoms with E-state index in [1.165, 1.54) is 5.56 Å². The standard InChI is InChI=1S/C13H10Cl3N/c14-10-6-12(16)13(7-11(10)15)17-8-9-4-2-1-3-5-9/h1-7,17H,8H2. The molecule has 2 aromatic rings. The molecule has 0 unspecified atom stereocenters. The predicted molar refractivity (Wildman–Crippen MR) is 75.2 cm³/mol. The number of nitrogens with one attached hydrogen (secondary N) is 1. The van der Waals surface area contributed by atoms with Crippen LogP contribution in [-0.2, 0) is 6.54 Å². The summed E-state index contributed by atoms with van der Waals surface area (Å²) in [5, 5.41) is 4.74. The Hall–Kier alpha value is -0.890. The number of rotatable bonds is 3. The molecule has 0 aliphatic carbocycles. The van der Waals surface area contributed by atoms with Crippen LogP contribution in [0, 0.1) is 0 Å². The summed E-state index contributed by atoms with van der Waals surface area (Å²) in [6, 6.07) is 13.4. The molecule has 1 N–H and O–H groups in total. The first-order valence-corrected chi connectivity index (χ1v) is 6.22. The van der Waals surface area contributed by atoms with Crippen LogP contribution in [0.15, 0.2) is 42.5 Å². The highest BCUT2D eigenvalue weighted by Crippen LogP contribution is 2.32. The third kappa shape index (κ3) is 3.29. The lowest BCUT2D eigenvalue weighted by Crippen LogP contribution is -1.99. The van der Waals surface area contributed by atoms with Crippen LogP contribution in [0.1, 0.15) is 5.56 Å². The molecule has 0 aliphatic rings. The van der Waals surface area contributed by atoms with Gasteiger partial charge in [0.25, 0.3) is 0 Å². The van der Waals surface area contributed by atoms with Crippen LogP contribution in [0.2, 0.25) is 15.1 Å². The van der Waals surface area contributed by atoms with Gasteiger partial charge in [0, 0.05) is 6.54 Å². The first-order chi connectivity index (χ1) is 8.16. The highest BCUT2D eigenvalue weighted by molar-refractivity contribution is 6.44. The molecule has 0 saturated carbocycles. The van der Waals surface area contributed by atoms with E-state index in [1.54, 1.807) is 12.1 Å². The molecule has 2 aromatic carbocycles. The molecule has 0 heterocycles. The first kappa shape index (κ1) is 12.6. The zero-order chi connectivity index (χ0) is 12.3. The molecule has 0 bridgehead atoms. The van der Waals surface area contributed by atoms with Gasteiger partial charge in [0.05, 0.1) is 20.8 Å². The molecule has 1 nitrogen and oxygen atoms in total. The molecule has 0 amide bonds. The van der Waals surface area contributed by atoms with E-state index in [4.69, 9.17) is 34.8 Å². The topological polar surface area (TPSA) is 12.0 Å². The average molecular weight is 287 g/mol. The smallest absolute Gasteiger partial charge is 0.0653 e. The molecule has 17 heavy (non-hydrogen) atoms. The summed E-state index contributed by atoms with van der Waals surface area (Å²) in [5.74, 6) is 0. The summed E-state index contributed by atoms with van der Waals surface area (Å²) in [6.45, 7) is 0.693. The lowest BCUT2D eigenvalue weighted by Gasteiger charge is -2.09. The minimum Gasteiger partial charge on any atom is -0.380 e. The van der Waals surface area contributed by atoms with Crippen LogP contribution in [0.25, 0.3) is 0 Å². The largest absolute Gasteiger partial charge is 0.380 e. The SMILES string of the molecule is Clc1cc(Cl)c(NCc2ccccc2)cc1Cl. The van der Waals surface area contributed by atoms with Gasteiger partial charge in [-0.3, -0.25) is 0 Å². The number of halogens is 3. The van der Waals surface area contributed by atoms with Gasteiger partial charge < -0.3 is 5.32 Å². The van der Waals surface area contributed by atoms with E-state index >= 15 is 0 Å². The van der Waals surface area contributed by atoms with E-state index in [1.807, 2.05) is 30.3 Å². The van der Waals surface area contributed by atoms with Crippen LogP contribution in [-0.4, -0.2) is 0 Å². The van der Waals surface area contributed by atoms with Gasteiger partial charge in [-0.25, -0.2) is 0 Å². The summed E-state index contributed by atoms with van der Waals surface area (Å²) in [4.78, 5) is 0. The third-order valence-electron chi connectivity index (χ3n) is 2.34. The van der Waals surface area contributed by atoms with Crippen molar-refractivity contribution in [3.63, 3.8) is 0 Å². The van der Waals surface area contributed by atoms with Gasteiger partial charge in [-0.15, -0.1) is 0 Å². The van der Waals surface area contributed by atoms with Crippen LogP contribution in [0.3, 0.4) is 0 Å². The Kier molecular flexibility index (Phi) is 4.16.